The molecule has 0 aromatic carbocycles. The molecule has 3 N–H and O–H groups in total. The van der Waals surface area contributed by atoms with Crippen LogP contribution in [0.15, 0.2) is 58.5 Å². The van der Waals surface area contributed by atoms with Gasteiger partial charge in [-0.25, -0.2) is 14.6 Å². The van der Waals surface area contributed by atoms with Crippen LogP contribution in [0.5, 0.6) is 0 Å². The van der Waals surface area contributed by atoms with Gasteiger partial charge in [0.25, 0.3) is 5.56 Å². The van der Waals surface area contributed by atoms with Gasteiger partial charge in [0.1, 0.15) is 5.69 Å². The van der Waals surface area contributed by atoms with Gasteiger partial charge in [-0.05, 0) is 43.2 Å². The van der Waals surface area contributed by atoms with Gasteiger partial charge >= 0.3 is 11.7 Å². The summed E-state index contributed by atoms with van der Waals surface area (Å²) < 4.78 is 3.18. The lowest BCUT2D eigenvalue weighted by Crippen LogP contribution is -2.43. The molecule has 1 saturated heterocycles. The minimum Gasteiger partial charge on any atom is -0.361 e. The fourth-order valence-corrected chi connectivity index (χ4v) is 4.30. The normalized spacial score (nSPS) is 14.7. The van der Waals surface area contributed by atoms with Gasteiger partial charge in [0.2, 0.25) is 0 Å². The third kappa shape index (κ3) is 3.49. The van der Waals surface area contributed by atoms with Crippen molar-refractivity contribution < 1.29 is 4.79 Å². The first-order chi connectivity index (χ1) is 15.5. The van der Waals surface area contributed by atoms with Crippen LogP contribution in [-0.4, -0.2) is 48.1 Å². The van der Waals surface area contributed by atoms with E-state index in [4.69, 9.17) is 0 Å². The molecule has 4 aromatic rings. The lowest BCUT2D eigenvalue weighted by molar-refractivity contribution is 0.184. The van der Waals surface area contributed by atoms with E-state index in [1.54, 1.807) is 47.2 Å². The largest absolute Gasteiger partial charge is 0.361 e. The molecule has 10 heteroatoms. The maximum Gasteiger partial charge on any atom is 0.327 e. The molecule has 1 aliphatic rings. The molecule has 0 radical (unpaired) electrons. The van der Waals surface area contributed by atoms with Gasteiger partial charge in [-0.3, -0.25) is 14.3 Å². The molecule has 1 fully saturated rings. The molecule has 0 saturated carbocycles. The molecule has 2 amide bonds. The highest BCUT2D eigenvalue weighted by molar-refractivity contribution is 5.90. The first kappa shape index (κ1) is 19.9. The zero-order valence-corrected chi connectivity index (χ0v) is 17.5. The Morgan fingerprint density at radius 3 is 2.75 bits per heavy atom. The molecule has 0 unspecified atom stereocenters. The second-order valence-electron chi connectivity index (χ2n) is 7.96. The number of urea groups is 1. The molecule has 5 rings (SSSR count). The third-order valence-electron chi connectivity index (χ3n) is 5.94. The minimum absolute atomic E-state index is 0.0198. The first-order valence-corrected chi connectivity index (χ1v) is 10.5. The summed E-state index contributed by atoms with van der Waals surface area (Å²) in [5, 5.41) is 2.77. The average molecular weight is 433 g/mol. The van der Waals surface area contributed by atoms with E-state index in [0.717, 1.165) is 16.8 Å². The number of aromatic nitrogens is 5. The summed E-state index contributed by atoms with van der Waals surface area (Å²) in [7, 11) is 1.66. The molecule has 0 bridgehead atoms. The van der Waals surface area contributed by atoms with E-state index in [2.05, 4.69) is 20.3 Å². The number of rotatable bonds is 3. The second kappa shape index (κ2) is 7.88. The summed E-state index contributed by atoms with van der Waals surface area (Å²) in [6.45, 7) is 0.957. The number of carbonyl (C=O) groups is 1. The van der Waals surface area contributed by atoms with Crippen LogP contribution in [0.3, 0.4) is 0 Å². The highest BCUT2D eigenvalue weighted by atomic mass is 16.2. The first-order valence-electron chi connectivity index (χ1n) is 10.5. The van der Waals surface area contributed by atoms with E-state index in [9.17, 15) is 14.4 Å². The number of piperidine rings is 1. The molecule has 0 aliphatic carbocycles. The van der Waals surface area contributed by atoms with Crippen LogP contribution in [0.25, 0.3) is 22.4 Å². The number of likely N-dealkylation sites (tertiary alicyclic amines) is 1. The number of nitrogens with one attached hydrogen (secondary N) is 3. The Bertz CT molecular complexity index is 1390. The van der Waals surface area contributed by atoms with Crippen molar-refractivity contribution in [2.24, 2.45) is 7.05 Å². The van der Waals surface area contributed by atoms with E-state index in [0.29, 0.717) is 31.6 Å². The molecule has 4 aromatic heterocycles. The summed E-state index contributed by atoms with van der Waals surface area (Å²) >= 11 is 0. The number of amides is 2. The number of pyridine rings is 2. The van der Waals surface area contributed by atoms with Crippen molar-refractivity contribution in [3.05, 3.63) is 69.8 Å². The summed E-state index contributed by atoms with van der Waals surface area (Å²) in [5.41, 5.74) is 2.76. The number of aromatic amines is 2. The summed E-state index contributed by atoms with van der Waals surface area (Å²) in [6, 6.07) is 8.78. The predicted octanol–water partition coefficient (Wildman–Crippen LogP) is 2.29. The number of anilines is 1. The Balaban J connectivity index is 1.31. The van der Waals surface area contributed by atoms with Crippen LogP contribution in [0, 0.1) is 0 Å². The van der Waals surface area contributed by atoms with Crippen molar-refractivity contribution >= 4 is 22.9 Å². The van der Waals surface area contributed by atoms with Gasteiger partial charge in [-0.2, -0.15) is 0 Å². The summed E-state index contributed by atoms with van der Waals surface area (Å²) in [6.07, 6.45) is 6.44. The lowest BCUT2D eigenvalue weighted by Gasteiger charge is -2.32. The van der Waals surface area contributed by atoms with Gasteiger partial charge in [-0.15, -0.1) is 0 Å². The van der Waals surface area contributed by atoms with E-state index in [1.807, 2.05) is 18.2 Å². The number of aryl methyl sites for hydroxylation is 1. The topological polar surface area (TPSA) is 121 Å². The quantitative estimate of drug-likeness (QED) is 0.459. The van der Waals surface area contributed by atoms with Crippen molar-refractivity contribution in [2.75, 3.05) is 18.4 Å². The highest BCUT2D eigenvalue weighted by Gasteiger charge is 2.26. The zero-order chi connectivity index (χ0) is 22.2. The maximum atomic E-state index is 12.9. The van der Waals surface area contributed by atoms with Crippen LogP contribution in [0.2, 0.25) is 0 Å². The predicted molar refractivity (Wildman–Crippen MR) is 121 cm³/mol. The summed E-state index contributed by atoms with van der Waals surface area (Å²) in [4.78, 5) is 49.6. The molecule has 0 spiro atoms. The van der Waals surface area contributed by atoms with Crippen LogP contribution in [0.4, 0.5) is 10.5 Å². The fourth-order valence-electron chi connectivity index (χ4n) is 4.30. The smallest absolute Gasteiger partial charge is 0.327 e. The van der Waals surface area contributed by atoms with Gasteiger partial charge in [-0.1, -0.05) is 0 Å². The number of hydrogen-bond donors (Lipinski definition) is 3. The zero-order valence-electron chi connectivity index (χ0n) is 17.5. The van der Waals surface area contributed by atoms with Crippen LogP contribution in [0.1, 0.15) is 18.9 Å². The molecule has 10 nitrogen and oxygen atoms in total. The van der Waals surface area contributed by atoms with Gasteiger partial charge < -0.3 is 19.8 Å². The number of H-pyrrole nitrogens is 2. The molecular formula is C22H23N7O3. The minimum atomic E-state index is -0.322. The van der Waals surface area contributed by atoms with Gasteiger partial charge in [0, 0.05) is 56.0 Å². The van der Waals surface area contributed by atoms with Crippen LogP contribution >= 0.6 is 0 Å². The summed E-state index contributed by atoms with van der Waals surface area (Å²) in [5.74, 6) is 0. The standard InChI is InChI=1S/C22H23N7O3/c1-27-13-14(16-4-2-8-23-16)12-17(20(27)30)25-21(31)28-10-6-15(7-11-28)29-18-5-3-9-24-19(18)26-22(29)32/h2-5,8-9,12-13,15,23H,6-7,10-11H2,1H3,(H,25,31)(H,24,26,32). The monoisotopic (exact) mass is 433 g/mol. The number of imidazole rings is 1. The molecule has 0 atom stereocenters. The number of hydrogen-bond acceptors (Lipinski definition) is 4. The van der Waals surface area contributed by atoms with Gasteiger partial charge in [0.15, 0.2) is 5.65 Å². The average Bonchev–Trinajstić information content (AvgIpc) is 3.44. The van der Waals surface area contributed by atoms with E-state index in [-0.39, 0.29) is 29.0 Å². The third-order valence-corrected chi connectivity index (χ3v) is 5.94. The Kier molecular flexibility index (Phi) is 4.89. The van der Waals surface area contributed by atoms with E-state index >= 15 is 0 Å². The molecule has 164 valence electrons. The van der Waals surface area contributed by atoms with E-state index in [1.165, 1.54) is 4.57 Å². The van der Waals surface area contributed by atoms with Crippen LogP contribution in [-0.2, 0) is 7.05 Å². The number of nitrogens with zero attached hydrogens (tertiary/aromatic N) is 4. The molecular weight excluding hydrogens is 410 g/mol. The Hall–Kier alpha value is -4.08. The molecule has 5 heterocycles. The van der Waals surface area contributed by atoms with Gasteiger partial charge in [0.05, 0.1) is 5.52 Å². The SMILES string of the molecule is Cn1cc(-c2ccc[nH]2)cc(NC(=O)N2CCC(n3c(=O)[nH]c4ncccc43)CC2)c1=O. The Morgan fingerprint density at radius 2 is 2.00 bits per heavy atom. The van der Waals surface area contributed by atoms with E-state index < -0.39 is 0 Å². The maximum absolute atomic E-state index is 12.9. The lowest BCUT2D eigenvalue weighted by atomic mass is 10.0. The number of carbonyl (C=O) groups excluding carboxylic acids is 1. The van der Waals surface area contributed by atoms with Crippen molar-refractivity contribution in [3.8, 4) is 11.3 Å². The van der Waals surface area contributed by atoms with Crippen molar-refractivity contribution in [2.45, 2.75) is 18.9 Å². The van der Waals surface area contributed by atoms with Crippen molar-refractivity contribution in [1.82, 2.24) is 29.0 Å². The molecule has 1 aliphatic heterocycles. The second-order valence-corrected chi connectivity index (χ2v) is 7.96. The van der Waals surface area contributed by atoms with Crippen molar-refractivity contribution in [1.29, 1.82) is 0 Å². The Labute approximate surface area is 182 Å². The Morgan fingerprint density at radius 1 is 1.19 bits per heavy atom. The number of fused-ring (bicyclic) bond motifs is 1. The molecule has 32 heavy (non-hydrogen) atoms. The van der Waals surface area contributed by atoms with Crippen LogP contribution < -0.4 is 16.6 Å². The van der Waals surface area contributed by atoms with Crippen molar-refractivity contribution in [3.63, 3.8) is 0 Å². The highest BCUT2D eigenvalue weighted by Crippen LogP contribution is 2.25. The fraction of sp³-hybridized carbons (Fsp3) is 0.273.